The third-order valence-electron chi connectivity index (χ3n) is 3.09. The number of carbonyl (C=O) groups excluding carboxylic acids is 1. The molecule has 124 valence electrons. The van der Waals surface area contributed by atoms with E-state index < -0.39 is 17.5 Å². The highest BCUT2D eigenvalue weighted by Crippen LogP contribution is 2.30. The molecular weight excluding hydrogens is 319 g/mol. The molecule has 5 nitrogen and oxygen atoms in total. The number of nitrogens with one attached hydrogen (secondary N) is 1. The molecule has 1 aliphatic heterocycles. The van der Waals surface area contributed by atoms with Crippen molar-refractivity contribution in [2.24, 2.45) is 0 Å². The number of ether oxygens (including phenoxy) is 1. The fourth-order valence-electron chi connectivity index (χ4n) is 2.39. The van der Waals surface area contributed by atoms with Crippen molar-refractivity contribution < 1.29 is 22.7 Å². The zero-order valence-corrected chi connectivity index (χ0v) is 13.3. The molecule has 22 heavy (non-hydrogen) atoms. The number of halogens is 3. The van der Waals surface area contributed by atoms with E-state index in [0.717, 1.165) is 16.7 Å². The van der Waals surface area contributed by atoms with Crippen LogP contribution in [0.2, 0.25) is 0 Å². The summed E-state index contributed by atoms with van der Waals surface area (Å²) in [5.74, 6) is 0. The summed E-state index contributed by atoms with van der Waals surface area (Å²) in [5.41, 5.74) is -1.37. The molecule has 0 radical (unpaired) electrons. The lowest BCUT2D eigenvalue weighted by Crippen LogP contribution is -2.56. The SMILES string of the molecule is C[C@@H]1CN(C(=O)NCc2nc(C(F)(F)F)cs2)CC(C)(C)O1. The third-order valence-corrected chi connectivity index (χ3v) is 3.94. The van der Waals surface area contributed by atoms with Gasteiger partial charge in [-0.15, -0.1) is 11.3 Å². The van der Waals surface area contributed by atoms with Crippen LogP contribution in [-0.2, 0) is 17.5 Å². The van der Waals surface area contributed by atoms with Gasteiger partial charge in [-0.2, -0.15) is 13.2 Å². The molecule has 0 saturated carbocycles. The van der Waals surface area contributed by atoms with Gasteiger partial charge in [-0.1, -0.05) is 0 Å². The number of alkyl halides is 3. The first-order chi connectivity index (χ1) is 10.1. The van der Waals surface area contributed by atoms with Gasteiger partial charge in [-0.3, -0.25) is 0 Å². The Labute approximate surface area is 130 Å². The first-order valence-electron chi connectivity index (χ1n) is 6.79. The maximum atomic E-state index is 12.5. The van der Waals surface area contributed by atoms with Crippen LogP contribution >= 0.6 is 11.3 Å². The normalized spacial score (nSPS) is 21.7. The van der Waals surface area contributed by atoms with Gasteiger partial charge >= 0.3 is 12.2 Å². The highest BCUT2D eigenvalue weighted by Gasteiger charge is 2.35. The van der Waals surface area contributed by atoms with Crippen LogP contribution in [0.15, 0.2) is 5.38 Å². The molecule has 1 fully saturated rings. The molecule has 0 bridgehead atoms. The standard InChI is InChI=1S/C13H18F3N3O2S/c1-8-5-19(7-12(2,3)21-8)11(20)17-4-10-18-9(6-22-10)13(14,15)16/h6,8H,4-5,7H2,1-3H3,(H,17,20)/t8-/m1/s1. The molecule has 2 heterocycles. The summed E-state index contributed by atoms with van der Waals surface area (Å²) < 4.78 is 43.1. The van der Waals surface area contributed by atoms with E-state index in [2.05, 4.69) is 10.3 Å². The monoisotopic (exact) mass is 337 g/mol. The van der Waals surface area contributed by atoms with E-state index in [9.17, 15) is 18.0 Å². The summed E-state index contributed by atoms with van der Waals surface area (Å²) in [6.07, 6.45) is -4.55. The third kappa shape index (κ3) is 4.33. The summed E-state index contributed by atoms with van der Waals surface area (Å²) in [4.78, 5) is 17.2. The lowest BCUT2D eigenvalue weighted by atomic mass is 10.1. The molecular formula is C13H18F3N3O2S. The van der Waals surface area contributed by atoms with Gasteiger partial charge in [0.1, 0.15) is 5.01 Å². The largest absolute Gasteiger partial charge is 0.434 e. The van der Waals surface area contributed by atoms with E-state index in [-0.39, 0.29) is 23.7 Å². The van der Waals surface area contributed by atoms with Gasteiger partial charge in [0.25, 0.3) is 0 Å². The maximum absolute atomic E-state index is 12.5. The van der Waals surface area contributed by atoms with E-state index >= 15 is 0 Å². The first-order valence-corrected chi connectivity index (χ1v) is 7.67. The minimum atomic E-state index is -4.46. The summed E-state index contributed by atoms with van der Waals surface area (Å²) in [6.45, 7) is 6.50. The van der Waals surface area contributed by atoms with Crippen LogP contribution in [0.1, 0.15) is 31.5 Å². The molecule has 1 saturated heterocycles. The van der Waals surface area contributed by atoms with Crippen LogP contribution in [0.3, 0.4) is 0 Å². The molecule has 1 aliphatic rings. The Morgan fingerprint density at radius 1 is 1.59 bits per heavy atom. The van der Waals surface area contributed by atoms with Crippen molar-refractivity contribution >= 4 is 17.4 Å². The lowest BCUT2D eigenvalue weighted by molar-refractivity contribution is -0.140. The number of carbonyl (C=O) groups is 1. The van der Waals surface area contributed by atoms with Crippen molar-refractivity contribution in [1.82, 2.24) is 15.2 Å². The van der Waals surface area contributed by atoms with Gasteiger partial charge < -0.3 is 15.0 Å². The molecule has 0 aromatic carbocycles. The molecule has 1 atom stereocenters. The number of amides is 2. The van der Waals surface area contributed by atoms with E-state index in [0.29, 0.717) is 13.1 Å². The highest BCUT2D eigenvalue weighted by molar-refractivity contribution is 7.09. The number of urea groups is 1. The zero-order valence-electron chi connectivity index (χ0n) is 12.5. The average Bonchev–Trinajstić information content (AvgIpc) is 2.82. The van der Waals surface area contributed by atoms with Crippen molar-refractivity contribution in [3.63, 3.8) is 0 Å². The van der Waals surface area contributed by atoms with Crippen LogP contribution in [0.5, 0.6) is 0 Å². The van der Waals surface area contributed by atoms with E-state index in [1.807, 2.05) is 20.8 Å². The Bertz CT molecular complexity index is 545. The van der Waals surface area contributed by atoms with E-state index in [1.165, 1.54) is 0 Å². The first kappa shape index (κ1) is 17.0. The molecule has 1 aromatic heterocycles. The molecule has 1 aromatic rings. The van der Waals surface area contributed by atoms with Crippen LogP contribution < -0.4 is 5.32 Å². The Hall–Kier alpha value is -1.35. The van der Waals surface area contributed by atoms with Crippen molar-refractivity contribution in [3.05, 3.63) is 16.1 Å². The number of hydrogen-bond acceptors (Lipinski definition) is 4. The smallest absolute Gasteiger partial charge is 0.369 e. The van der Waals surface area contributed by atoms with Gasteiger partial charge in [-0.25, -0.2) is 9.78 Å². The number of aromatic nitrogens is 1. The lowest BCUT2D eigenvalue weighted by Gasteiger charge is -2.41. The Morgan fingerprint density at radius 3 is 2.82 bits per heavy atom. The number of nitrogens with zero attached hydrogens (tertiary/aromatic N) is 2. The summed E-state index contributed by atoms with van der Waals surface area (Å²) in [5, 5.41) is 3.77. The Kier molecular flexibility index (Phi) is 4.67. The summed E-state index contributed by atoms with van der Waals surface area (Å²) >= 11 is 0.876. The molecule has 2 rings (SSSR count). The zero-order chi connectivity index (χ0) is 16.5. The van der Waals surface area contributed by atoms with Gasteiger partial charge in [0.2, 0.25) is 0 Å². The van der Waals surface area contributed by atoms with Crippen LogP contribution in [0, 0.1) is 0 Å². The fraction of sp³-hybridized carbons (Fsp3) is 0.692. The van der Waals surface area contributed by atoms with Crippen molar-refractivity contribution in [2.75, 3.05) is 13.1 Å². The maximum Gasteiger partial charge on any atom is 0.434 e. The predicted molar refractivity (Wildman–Crippen MR) is 75.6 cm³/mol. The second-order valence-corrected chi connectivity index (χ2v) is 6.79. The Morgan fingerprint density at radius 2 is 2.27 bits per heavy atom. The molecule has 2 amide bonds. The fourth-order valence-corrected chi connectivity index (χ4v) is 3.13. The van der Waals surface area contributed by atoms with Crippen molar-refractivity contribution in [3.8, 4) is 0 Å². The molecule has 0 unspecified atom stereocenters. The van der Waals surface area contributed by atoms with Crippen molar-refractivity contribution in [2.45, 2.75) is 45.2 Å². The predicted octanol–water partition coefficient (Wildman–Crippen LogP) is 2.87. The summed E-state index contributed by atoms with van der Waals surface area (Å²) in [6, 6.07) is -0.327. The topological polar surface area (TPSA) is 54.5 Å². The van der Waals surface area contributed by atoms with Gasteiger partial charge in [0.05, 0.1) is 24.8 Å². The highest BCUT2D eigenvalue weighted by atomic mass is 32.1. The van der Waals surface area contributed by atoms with Crippen molar-refractivity contribution in [1.29, 1.82) is 0 Å². The molecule has 9 heteroatoms. The number of thiazole rings is 1. The van der Waals surface area contributed by atoms with Gasteiger partial charge in [0, 0.05) is 11.9 Å². The quantitative estimate of drug-likeness (QED) is 0.903. The molecule has 0 aliphatic carbocycles. The minimum Gasteiger partial charge on any atom is -0.369 e. The average molecular weight is 337 g/mol. The molecule has 0 spiro atoms. The van der Waals surface area contributed by atoms with Gasteiger partial charge in [0.15, 0.2) is 5.69 Å². The Balaban J connectivity index is 1.91. The second kappa shape index (κ2) is 6.04. The number of morpholine rings is 1. The van der Waals surface area contributed by atoms with E-state index in [4.69, 9.17) is 4.74 Å². The molecule has 1 N–H and O–H groups in total. The minimum absolute atomic E-state index is 0.0221. The van der Waals surface area contributed by atoms with Crippen LogP contribution in [0.25, 0.3) is 0 Å². The van der Waals surface area contributed by atoms with Crippen LogP contribution in [0.4, 0.5) is 18.0 Å². The number of rotatable bonds is 2. The number of hydrogen-bond donors (Lipinski definition) is 1. The van der Waals surface area contributed by atoms with E-state index in [1.54, 1.807) is 4.90 Å². The van der Waals surface area contributed by atoms with Crippen LogP contribution in [-0.4, -0.2) is 40.7 Å². The summed E-state index contributed by atoms with van der Waals surface area (Å²) in [7, 11) is 0. The second-order valence-electron chi connectivity index (χ2n) is 5.85. The van der Waals surface area contributed by atoms with Gasteiger partial charge in [-0.05, 0) is 20.8 Å².